The van der Waals surface area contributed by atoms with Gasteiger partial charge in [0, 0.05) is 11.9 Å². The van der Waals surface area contributed by atoms with E-state index in [2.05, 4.69) is 21.1 Å². The lowest BCUT2D eigenvalue weighted by molar-refractivity contribution is -0.120. The quantitative estimate of drug-likeness (QED) is 0.862. The summed E-state index contributed by atoms with van der Waals surface area (Å²) >= 11 is 8.79. The average molecular weight is 301 g/mol. The van der Waals surface area contributed by atoms with Gasteiger partial charge in [0.05, 0.1) is 18.0 Å². The zero-order valence-corrected chi connectivity index (χ0v) is 12.3. The molecule has 18 heavy (non-hydrogen) atoms. The van der Waals surface area contributed by atoms with Gasteiger partial charge in [-0.15, -0.1) is 22.9 Å². The molecular weight excluding hydrogens is 288 g/mol. The molecule has 0 bridgehead atoms. The summed E-state index contributed by atoms with van der Waals surface area (Å²) in [5.74, 6) is 0.391. The van der Waals surface area contributed by atoms with Gasteiger partial charge in [0.15, 0.2) is 0 Å². The van der Waals surface area contributed by atoms with Gasteiger partial charge in [-0.2, -0.15) is 11.3 Å². The summed E-state index contributed by atoms with van der Waals surface area (Å²) in [5.41, 5.74) is 3.23. The van der Waals surface area contributed by atoms with Gasteiger partial charge in [-0.05, 0) is 28.8 Å². The van der Waals surface area contributed by atoms with E-state index in [9.17, 15) is 4.79 Å². The third-order valence-electron chi connectivity index (χ3n) is 2.49. The van der Waals surface area contributed by atoms with E-state index in [4.69, 9.17) is 11.6 Å². The monoisotopic (exact) mass is 300 g/mol. The molecule has 6 heteroatoms. The van der Waals surface area contributed by atoms with Crippen LogP contribution in [0.2, 0.25) is 0 Å². The highest BCUT2D eigenvalue weighted by atomic mass is 35.5. The van der Waals surface area contributed by atoms with Crippen molar-refractivity contribution in [2.45, 2.75) is 25.8 Å². The number of amides is 1. The van der Waals surface area contributed by atoms with E-state index >= 15 is 0 Å². The molecule has 2 heterocycles. The van der Waals surface area contributed by atoms with Crippen LogP contribution in [0.15, 0.2) is 16.1 Å². The van der Waals surface area contributed by atoms with Gasteiger partial charge in [0.1, 0.15) is 5.01 Å². The molecule has 0 aliphatic rings. The Kier molecular flexibility index (Phi) is 4.74. The molecular formula is C12H13ClN2OS2. The number of rotatable bonds is 5. The maximum Gasteiger partial charge on any atom is 0.227 e. The van der Waals surface area contributed by atoms with Crippen LogP contribution in [-0.2, 0) is 23.6 Å². The number of nitrogens with zero attached hydrogens (tertiary/aromatic N) is 1. The summed E-state index contributed by atoms with van der Waals surface area (Å²) in [6.07, 6.45) is 0.324. The van der Waals surface area contributed by atoms with Crippen LogP contribution in [-0.4, -0.2) is 10.9 Å². The zero-order valence-electron chi connectivity index (χ0n) is 9.90. The highest BCUT2D eigenvalue weighted by Crippen LogP contribution is 2.14. The molecule has 1 N–H and O–H groups in total. The van der Waals surface area contributed by atoms with E-state index in [-0.39, 0.29) is 5.91 Å². The standard InChI is InChI=1S/C12H13ClN2OS2/c1-8-5-17-6-9(8)4-14-11(16)2-12-15-10(3-13)7-18-12/h5-7H,2-4H2,1H3,(H,14,16). The third-order valence-corrected chi connectivity index (χ3v) is 4.57. The number of halogens is 1. The predicted molar refractivity (Wildman–Crippen MR) is 76.3 cm³/mol. The van der Waals surface area contributed by atoms with Gasteiger partial charge in [-0.25, -0.2) is 4.98 Å². The first-order chi connectivity index (χ1) is 8.69. The topological polar surface area (TPSA) is 42.0 Å². The zero-order chi connectivity index (χ0) is 13.0. The van der Waals surface area contributed by atoms with Gasteiger partial charge in [-0.3, -0.25) is 4.79 Å². The van der Waals surface area contributed by atoms with E-state index in [1.165, 1.54) is 22.5 Å². The van der Waals surface area contributed by atoms with Crippen molar-refractivity contribution in [2.24, 2.45) is 0 Å². The number of thiazole rings is 1. The molecule has 0 saturated heterocycles. The fourth-order valence-electron chi connectivity index (χ4n) is 1.45. The number of carbonyl (C=O) groups is 1. The third kappa shape index (κ3) is 3.54. The Morgan fingerprint density at radius 3 is 2.89 bits per heavy atom. The number of thiophene rings is 1. The van der Waals surface area contributed by atoms with Crippen LogP contribution < -0.4 is 5.32 Å². The summed E-state index contributed by atoms with van der Waals surface area (Å²) in [5, 5.41) is 9.74. The van der Waals surface area contributed by atoms with Crippen LogP contribution in [0.25, 0.3) is 0 Å². The lowest BCUT2D eigenvalue weighted by atomic mass is 10.2. The smallest absolute Gasteiger partial charge is 0.227 e. The van der Waals surface area contributed by atoms with Gasteiger partial charge in [-0.1, -0.05) is 0 Å². The van der Waals surface area contributed by atoms with E-state index in [0.717, 1.165) is 10.7 Å². The Labute approximate surface area is 119 Å². The molecule has 0 aromatic carbocycles. The Hall–Kier alpha value is -0.910. The molecule has 0 radical (unpaired) electrons. The van der Waals surface area contributed by atoms with Crippen molar-refractivity contribution in [3.63, 3.8) is 0 Å². The second-order valence-corrected chi connectivity index (χ2v) is 5.85. The van der Waals surface area contributed by atoms with Crippen molar-refractivity contribution < 1.29 is 4.79 Å². The van der Waals surface area contributed by atoms with Crippen LogP contribution in [0.4, 0.5) is 0 Å². The number of aromatic nitrogens is 1. The predicted octanol–water partition coefficient (Wildman–Crippen LogP) is 3.11. The minimum Gasteiger partial charge on any atom is -0.352 e. The molecule has 2 rings (SSSR count). The molecule has 2 aromatic rings. The number of nitrogens with one attached hydrogen (secondary N) is 1. The Bertz CT molecular complexity index is 536. The van der Waals surface area contributed by atoms with Crippen LogP contribution in [0.1, 0.15) is 21.8 Å². The minimum absolute atomic E-state index is 0.00364. The van der Waals surface area contributed by atoms with Crippen LogP contribution in [0.5, 0.6) is 0 Å². The van der Waals surface area contributed by atoms with Crippen molar-refractivity contribution in [3.8, 4) is 0 Å². The number of alkyl halides is 1. The van der Waals surface area contributed by atoms with E-state index in [1.807, 2.05) is 12.3 Å². The molecule has 2 aromatic heterocycles. The Morgan fingerprint density at radius 1 is 1.44 bits per heavy atom. The summed E-state index contributed by atoms with van der Waals surface area (Å²) in [4.78, 5) is 16.0. The Morgan fingerprint density at radius 2 is 2.28 bits per heavy atom. The minimum atomic E-state index is -0.00364. The summed E-state index contributed by atoms with van der Waals surface area (Å²) < 4.78 is 0. The summed E-state index contributed by atoms with van der Waals surface area (Å²) in [7, 11) is 0. The van der Waals surface area contributed by atoms with Crippen LogP contribution in [0.3, 0.4) is 0 Å². The molecule has 0 atom stereocenters. The second kappa shape index (κ2) is 6.31. The maximum absolute atomic E-state index is 11.7. The van der Waals surface area contributed by atoms with E-state index in [0.29, 0.717) is 18.8 Å². The first-order valence-electron chi connectivity index (χ1n) is 5.46. The average Bonchev–Trinajstić information content (AvgIpc) is 2.96. The lowest BCUT2D eigenvalue weighted by Gasteiger charge is -2.03. The van der Waals surface area contributed by atoms with Gasteiger partial charge < -0.3 is 5.32 Å². The van der Waals surface area contributed by atoms with Crippen LogP contribution in [0, 0.1) is 6.92 Å². The largest absolute Gasteiger partial charge is 0.352 e. The normalized spacial score (nSPS) is 10.6. The first-order valence-corrected chi connectivity index (χ1v) is 7.82. The van der Waals surface area contributed by atoms with Crippen molar-refractivity contribution in [3.05, 3.63) is 38.0 Å². The molecule has 0 unspecified atom stereocenters. The van der Waals surface area contributed by atoms with Gasteiger partial charge >= 0.3 is 0 Å². The molecule has 0 spiro atoms. The second-order valence-electron chi connectivity index (χ2n) is 3.90. The van der Waals surface area contributed by atoms with Gasteiger partial charge in [0.2, 0.25) is 5.91 Å². The van der Waals surface area contributed by atoms with Crippen molar-refractivity contribution >= 4 is 40.2 Å². The summed E-state index contributed by atoms with van der Waals surface area (Å²) in [6, 6.07) is 0. The molecule has 3 nitrogen and oxygen atoms in total. The number of hydrogen-bond donors (Lipinski definition) is 1. The lowest BCUT2D eigenvalue weighted by Crippen LogP contribution is -2.24. The molecule has 1 amide bonds. The van der Waals surface area contributed by atoms with Crippen LogP contribution >= 0.6 is 34.3 Å². The fourth-order valence-corrected chi connectivity index (χ4v) is 3.33. The first kappa shape index (κ1) is 13.5. The molecule has 0 aliphatic carbocycles. The highest BCUT2D eigenvalue weighted by molar-refractivity contribution is 7.09. The van der Waals surface area contributed by atoms with Crippen molar-refractivity contribution in [1.29, 1.82) is 0 Å². The fraction of sp³-hybridized carbons (Fsp3) is 0.333. The van der Waals surface area contributed by atoms with Gasteiger partial charge in [0.25, 0.3) is 0 Å². The molecule has 96 valence electrons. The number of aryl methyl sites for hydroxylation is 1. The van der Waals surface area contributed by atoms with E-state index < -0.39 is 0 Å². The molecule has 0 saturated carbocycles. The number of carbonyl (C=O) groups excluding carboxylic acids is 1. The van der Waals surface area contributed by atoms with E-state index in [1.54, 1.807) is 11.3 Å². The molecule has 0 aliphatic heterocycles. The highest BCUT2D eigenvalue weighted by Gasteiger charge is 2.08. The summed E-state index contributed by atoms with van der Waals surface area (Å²) in [6.45, 7) is 2.63. The Balaban J connectivity index is 1.84. The maximum atomic E-state index is 11.7. The van der Waals surface area contributed by atoms with Crippen molar-refractivity contribution in [1.82, 2.24) is 10.3 Å². The SMILES string of the molecule is Cc1cscc1CNC(=O)Cc1nc(CCl)cs1. The van der Waals surface area contributed by atoms with Crippen molar-refractivity contribution in [2.75, 3.05) is 0 Å². The number of hydrogen-bond acceptors (Lipinski definition) is 4. The molecule has 0 fully saturated rings.